The van der Waals surface area contributed by atoms with Crippen LogP contribution in [0.4, 0.5) is 0 Å². The van der Waals surface area contributed by atoms with Crippen LogP contribution in [-0.4, -0.2) is 36.6 Å². The van der Waals surface area contributed by atoms with Gasteiger partial charge in [0.2, 0.25) is 0 Å². The Morgan fingerprint density at radius 3 is 2.59 bits per heavy atom. The lowest BCUT2D eigenvalue weighted by atomic mass is 10.1. The number of likely N-dealkylation sites (N-methyl/N-ethyl adjacent to an activating group) is 1. The first-order valence-corrected chi connectivity index (χ1v) is 5.17. The summed E-state index contributed by atoms with van der Waals surface area (Å²) < 4.78 is 0. The van der Waals surface area contributed by atoms with Crippen LogP contribution in [0.2, 0.25) is 5.15 Å². The SMILES string of the molecule is CN1CCNCC1c1ccc(Cl)nc1.Cl.Cl.Cl. The minimum absolute atomic E-state index is 0. The normalized spacial score (nSPS) is 19.5. The van der Waals surface area contributed by atoms with Gasteiger partial charge < -0.3 is 5.32 Å². The molecular weight excluding hydrogens is 304 g/mol. The van der Waals surface area contributed by atoms with Gasteiger partial charge in [-0.3, -0.25) is 4.90 Å². The second-order valence-corrected chi connectivity index (χ2v) is 4.00. The van der Waals surface area contributed by atoms with Gasteiger partial charge in [-0.1, -0.05) is 17.7 Å². The lowest BCUT2D eigenvalue weighted by molar-refractivity contribution is 0.202. The third-order valence-electron chi connectivity index (χ3n) is 2.65. The van der Waals surface area contributed by atoms with Crippen LogP contribution < -0.4 is 5.32 Å². The summed E-state index contributed by atoms with van der Waals surface area (Å²) in [4.78, 5) is 6.43. The molecule has 7 heteroatoms. The molecule has 1 fully saturated rings. The number of hydrogen-bond acceptors (Lipinski definition) is 3. The van der Waals surface area contributed by atoms with Gasteiger partial charge in [0, 0.05) is 31.9 Å². The molecule has 100 valence electrons. The van der Waals surface area contributed by atoms with Gasteiger partial charge in [-0.05, 0) is 18.7 Å². The molecule has 0 saturated carbocycles. The van der Waals surface area contributed by atoms with Crippen molar-refractivity contribution in [2.24, 2.45) is 0 Å². The Morgan fingerprint density at radius 1 is 1.35 bits per heavy atom. The topological polar surface area (TPSA) is 28.2 Å². The summed E-state index contributed by atoms with van der Waals surface area (Å²) in [6.45, 7) is 3.13. The molecule has 0 aromatic carbocycles. The van der Waals surface area contributed by atoms with Crippen LogP contribution in [0.5, 0.6) is 0 Å². The standard InChI is InChI=1S/C10H14ClN3.3ClH/c1-14-5-4-12-7-9(14)8-2-3-10(11)13-6-8;;;/h2-3,6,9,12H,4-5,7H2,1H3;3*1H. The molecule has 0 bridgehead atoms. The Bertz CT molecular complexity index is 307. The van der Waals surface area contributed by atoms with Gasteiger partial charge in [0.25, 0.3) is 0 Å². The van der Waals surface area contributed by atoms with E-state index in [2.05, 4.69) is 22.2 Å². The third kappa shape index (κ3) is 5.16. The maximum absolute atomic E-state index is 5.75. The van der Waals surface area contributed by atoms with E-state index in [1.165, 1.54) is 5.56 Å². The van der Waals surface area contributed by atoms with Crippen LogP contribution in [0.1, 0.15) is 11.6 Å². The zero-order valence-corrected chi connectivity index (χ0v) is 12.6. The number of nitrogens with zero attached hydrogens (tertiary/aromatic N) is 2. The van der Waals surface area contributed by atoms with E-state index in [4.69, 9.17) is 11.6 Å². The van der Waals surface area contributed by atoms with E-state index < -0.39 is 0 Å². The highest BCUT2D eigenvalue weighted by Gasteiger charge is 2.20. The van der Waals surface area contributed by atoms with Gasteiger partial charge in [-0.2, -0.15) is 0 Å². The number of aromatic nitrogens is 1. The molecule has 0 radical (unpaired) electrons. The molecule has 2 rings (SSSR count). The third-order valence-corrected chi connectivity index (χ3v) is 2.87. The second kappa shape index (κ2) is 9.20. The monoisotopic (exact) mass is 319 g/mol. The van der Waals surface area contributed by atoms with Crippen molar-refractivity contribution in [2.45, 2.75) is 6.04 Å². The molecule has 0 aliphatic carbocycles. The lowest BCUT2D eigenvalue weighted by Crippen LogP contribution is -2.43. The first-order chi connectivity index (χ1) is 6.77. The molecule has 17 heavy (non-hydrogen) atoms. The molecular formula is C10H17Cl4N3. The zero-order chi connectivity index (χ0) is 9.97. The maximum Gasteiger partial charge on any atom is 0.129 e. The van der Waals surface area contributed by atoms with Crippen LogP contribution in [0.15, 0.2) is 18.3 Å². The van der Waals surface area contributed by atoms with Gasteiger partial charge in [-0.15, -0.1) is 37.2 Å². The Morgan fingerprint density at radius 2 is 2.06 bits per heavy atom. The maximum atomic E-state index is 5.75. The number of halogens is 4. The van der Waals surface area contributed by atoms with E-state index in [0.717, 1.165) is 19.6 Å². The van der Waals surface area contributed by atoms with E-state index in [1.54, 1.807) is 0 Å². The van der Waals surface area contributed by atoms with Crippen molar-refractivity contribution in [3.05, 3.63) is 29.0 Å². The number of nitrogens with one attached hydrogen (secondary N) is 1. The molecule has 1 N–H and O–H groups in total. The highest BCUT2D eigenvalue weighted by molar-refractivity contribution is 6.29. The molecule has 1 atom stereocenters. The van der Waals surface area contributed by atoms with Crippen LogP contribution in [0.25, 0.3) is 0 Å². The van der Waals surface area contributed by atoms with E-state index >= 15 is 0 Å². The largest absolute Gasteiger partial charge is 0.314 e. The fourth-order valence-electron chi connectivity index (χ4n) is 1.76. The Hall–Kier alpha value is 0.230. The van der Waals surface area contributed by atoms with Crippen molar-refractivity contribution in [3.63, 3.8) is 0 Å². The van der Waals surface area contributed by atoms with Crippen molar-refractivity contribution in [1.82, 2.24) is 15.2 Å². The summed E-state index contributed by atoms with van der Waals surface area (Å²) in [5.41, 5.74) is 1.23. The molecule has 1 saturated heterocycles. The Kier molecular flexibility index (Phi) is 10.6. The van der Waals surface area contributed by atoms with Gasteiger partial charge in [0.05, 0.1) is 0 Å². The molecule has 1 aromatic rings. The molecule has 0 amide bonds. The number of rotatable bonds is 1. The summed E-state index contributed by atoms with van der Waals surface area (Å²) in [6, 6.07) is 4.32. The molecule has 2 heterocycles. The minimum Gasteiger partial charge on any atom is -0.314 e. The summed E-state index contributed by atoms with van der Waals surface area (Å²) in [5, 5.41) is 3.93. The molecule has 1 aliphatic rings. The van der Waals surface area contributed by atoms with E-state index in [0.29, 0.717) is 11.2 Å². The molecule has 3 nitrogen and oxygen atoms in total. The van der Waals surface area contributed by atoms with Crippen LogP contribution >= 0.6 is 48.8 Å². The molecule has 1 aromatic heterocycles. The fourth-order valence-corrected chi connectivity index (χ4v) is 1.87. The highest BCUT2D eigenvalue weighted by atomic mass is 35.5. The van der Waals surface area contributed by atoms with Gasteiger partial charge in [0.1, 0.15) is 5.15 Å². The Labute approximate surface area is 126 Å². The Balaban J connectivity index is 0. The first kappa shape index (κ1) is 19.6. The second-order valence-electron chi connectivity index (χ2n) is 3.61. The van der Waals surface area contributed by atoms with E-state index in [9.17, 15) is 0 Å². The van der Waals surface area contributed by atoms with Gasteiger partial charge in [0.15, 0.2) is 0 Å². The molecule has 1 aliphatic heterocycles. The number of piperazine rings is 1. The van der Waals surface area contributed by atoms with Crippen molar-refractivity contribution in [3.8, 4) is 0 Å². The van der Waals surface area contributed by atoms with Gasteiger partial charge in [-0.25, -0.2) is 4.98 Å². The minimum atomic E-state index is 0. The van der Waals surface area contributed by atoms with Crippen molar-refractivity contribution in [1.29, 1.82) is 0 Å². The average Bonchev–Trinajstić information content (AvgIpc) is 2.20. The van der Waals surface area contributed by atoms with Crippen LogP contribution in [0, 0.1) is 0 Å². The average molecular weight is 321 g/mol. The smallest absolute Gasteiger partial charge is 0.129 e. The van der Waals surface area contributed by atoms with Gasteiger partial charge >= 0.3 is 0 Å². The lowest BCUT2D eigenvalue weighted by Gasteiger charge is -2.33. The van der Waals surface area contributed by atoms with Crippen molar-refractivity contribution in [2.75, 3.05) is 26.7 Å². The quantitative estimate of drug-likeness (QED) is 0.806. The fraction of sp³-hybridized carbons (Fsp3) is 0.500. The predicted octanol–water partition coefficient (Wildman–Crippen LogP) is 2.58. The van der Waals surface area contributed by atoms with E-state index in [1.807, 2.05) is 18.3 Å². The predicted molar refractivity (Wildman–Crippen MR) is 79.2 cm³/mol. The summed E-state index contributed by atoms with van der Waals surface area (Å²) in [6.07, 6.45) is 1.86. The van der Waals surface area contributed by atoms with Crippen LogP contribution in [0.3, 0.4) is 0 Å². The first-order valence-electron chi connectivity index (χ1n) is 4.80. The van der Waals surface area contributed by atoms with Crippen molar-refractivity contribution < 1.29 is 0 Å². The zero-order valence-electron chi connectivity index (χ0n) is 9.43. The van der Waals surface area contributed by atoms with Crippen molar-refractivity contribution >= 4 is 48.8 Å². The molecule has 1 unspecified atom stereocenters. The van der Waals surface area contributed by atoms with E-state index in [-0.39, 0.29) is 37.2 Å². The van der Waals surface area contributed by atoms with Crippen LogP contribution in [-0.2, 0) is 0 Å². The summed E-state index contributed by atoms with van der Waals surface area (Å²) >= 11 is 5.75. The highest BCUT2D eigenvalue weighted by Crippen LogP contribution is 2.20. The number of pyridine rings is 1. The summed E-state index contributed by atoms with van der Waals surface area (Å²) in [5.74, 6) is 0. The molecule has 0 spiro atoms. The summed E-state index contributed by atoms with van der Waals surface area (Å²) in [7, 11) is 2.14. The number of hydrogen-bond donors (Lipinski definition) is 1.